The molecule has 0 fully saturated rings. The highest BCUT2D eigenvalue weighted by Gasteiger charge is 2.19. The predicted octanol–water partition coefficient (Wildman–Crippen LogP) is 1.75. The molecular weight excluding hydrogens is 286 g/mol. The zero-order chi connectivity index (χ0) is 15.9. The fourth-order valence-corrected chi connectivity index (χ4v) is 2.70. The number of rotatable bonds is 9. The molecule has 0 aliphatic heterocycles. The third-order valence-electron chi connectivity index (χ3n) is 3.12. The number of ether oxygens (including phenoxy) is 1. The maximum absolute atomic E-state index is 10.0. The Morgan fingerprint density at radius 2 is 2.10 bits per heavy atom. The van der Waals surface area contributed by atoms with Crippen LogP contribution in [0.5, 0.6) is 5.75 Å². The van der Waals surface area contributed by atoms with E-state index in [0.29, 0.717) is 18.8 Å². The standard InChI is InChI=1S/C16H27NO3S/c1-12-5-6-13(2)15(7-12)20-9-14(18)8-17-10-16(3,19)11-21-4/h5-7,14,17-19H,8-11H2,1-4H3. The minimum Gasteiger partial charge on any atom is -0.491 e. The maximum Gasteiger partial charge on any atom is 0.122 e. The molecule has 0 amide bonds. The van der Waals surface area contributed by atoms with Crippen LogP contribution in [0, 0.1) is 13.8 Å². The average Bonchev–Trinajstić information content (AvgIpc) is 2.39. The van der Waals surface area contributed by atoms with Crippen molar-refractivity contribution in [3.63, 3.8) is 0 Å². The Morgan fingerprint density at radius 1 is 1.38 bits per heavy atom. The topological polar surface area (TPSA) is 61.7 Å². The molecule has 0 bridgehead atoms. The molecule has 2 atom stereocenters. The zero-order valence-electron chi connectivity index (χ0n) is 13.3. The summed E-state index contributed by atoms with van der Waals surface area (Å²) < 4.78 is 5.65. The van der Waals surface area contributed by atoms with Gasteiger partial charge in [-0.1, -0.05) is 12.1 Å². The van der Waals surface area contributed by atoms with E-state index in [-0.39, 0.29) is 6.61 Å². The Kier molecular flexibility index (Phi) is 7.52. The number of hydrogen-bond donors (Lipinski definition) is 3. The van der Waals surface area contributed by atoms with Crippen molar-refractivity contribution < 1.29 is 14.9 Å². The van der Waals surface area contributed by atoms with Crippen molar-refractivity contribution in [1.82, 2.24) is 5.32 Å². The van der Waals surface area contributed by atoms with E-state index >= 15 is 0 Å². The summed E-state index contributed by atoms with van der Waals surface area (Å²) in [6.07, 6.45) is 1.36. The third kappa shape index (κ3) is 7.18. The number of aliphatic hydroxyl groups is 2. The van der Waals surface area contributed by atoms with Crippen molar-refractivity contribution in [2.24, 2.45) is 0 Å². The number of aryl methyl sites for hydroxylation is 2. The van der Waals surface area contributed by atoms with Gasteiger partial charge in [-0.25, -0.2) is 0 Å². The van der Waals surface area contributed by atoms with Crippen LogP contribution in [0.2, 0.25) is 0 Å². The van der Waals surface area contributed by atoms with Gasteiger partial charge in [0.25, 0.3) is 0 Å². The molecule has 3 N–H and O–H groups in total. The van der Waals surface area contributed by atoms with Crippen LogP contribution in [0.1, 0.15) is 18.1 Å². The van der Waals surface area contributed by atoms with E-state index in [1.54, 1.807) is 18.7 Å². The Labute approximate surface area is 131 Å². The van der Waals surface area contributed by atoms with Gasteiger partial charge >= 0.3 is 0 Å². The summed E-state index contributed by atoms with van der Waals surface area (Å²) in [5.74, 6) is 1.47. The molecule has 1 aromatic carbocycles. The van der Waals surface area contributed by atoms with Gasteiger partial charge in [0.2, 0.25) is 0 Å². The van der Waals surface area contributed by atoms with Gasteiger partial charge in [0.1, 0.15) is 18.5 Å². The second-order valence-electron chi connectivity index (χ2n) is 5.79. The minimum absolute atomic E-state index is 0.238. The number of hydrogen-bond acceptors (Lipinski definition) is 5. The highest BCUT2D eigenvalue weighted by Crippen LogP contribution is 2.19. The molecule has 21 heavy (non-hydrogen) atoms. The molecule has 0 saturated carbocycles. The molecule has 0 radical (unpaired) electrons. The average molecular weight is 313 g/mol. The maximum atomic E-state index is 10.0. The molecule has 5 heteroatoms. The van der Waals surface area contributed by atoms with Crippen molar-refractivity contribution in [2.45, 2.75) is 32.5 Å². The van der Waals surface area contributed by atoms with Gasteiger partial charge in [-0.15, -0.1) is 0 Å². The summed E-state index contributed by atoms with van der Waals surface area (Å²) in [6, 6.07) is 6.02. The summed E-state index contributed by atoms with van der Waals surface area (Å²) in [6.45, 7) is 6.87. The molecule has 120 valence electrons. The molecule has 1 aromatic rings. The van der Waals surface area contributed by atoms with Crippen LogP contribution in [0.15, 0.2) is 18.2 Å². The largest absolute Gasteiger partial charge is 0.491 e. The second-order valence-corrected chi connectivity index (χ2v) is 6.66. The fourth-order valence-electron chi connectivity index (χ4n) is 1.98. The monoisotopic (exact) mass is 313 g/mol. The number of nitrogens with one attached hydrogen (secondary N) is 1. The first-order valence-electron chi connectivity index (χ1n) is 7.14. The predicted molar refractivity (Wildman–Crippen MR) is 89.3 cm³/mol. The molecule has 4 nitrogen and oxygen atoms in total. The van der Waals surface area contributed by atoms with Crippen LogP contribution >= 0.6 is 11.8 Å². The molecule has 0 saturated heterocycles. The first-order chi connectivity index (χ1) is 9.84. The van der Waals surface area contributed by atoms with Crippen LogP contribution in [0.25, 0.3) is 0 Å². The van der Waals surface area contributed by atoms with Crippen molar-refractivity contribution >= 4 is 11.8 Å². The Balaban J connectivity index is 2.31. The van der Waals surface area contributed by atoms with Crippen LogP contribution in [-0.2, 0) is 0 Å². The van der Waals surface area contributed by atoms with Gasteiger partial charge in [-0.05, 0) is 44.2 Å². The smallest absolute Gasteiger partial charge is 0.122 e. The van der Waals surface area contributed by atoms with E-state index < -0.39 is 11.7 Å². The Bertz CT molecular complexity index is 438. The summed E-state index contributed by atoms with van der Waals surface area (Å²) in [4.78, 5) is 0. The quantitative estimate of drug-likeness (QED) is 0.648. The lowest BCUT2D eigenvalue weighted by atomic mass is 10.1. The number of aliphatic hydroxyl groups excluding tert-OH is 1. The molecule has 0 aromatic heterocycles. The zero-order valence-corrected chi connectivity index (χ0v) is 14.2. The van der Waals surface area contributed by atoms with Crippen molar-refractivity contribution in [3.8, 4) is 5.75 Å². The van der Waals surface area contributed by atoms with Gasteiger partial charge in [0.15, 0.2) is 0 Å². The van der Waals surface area contributed by atoms with E-state index in [2.05, 4.69) is 5.32 Å². The van der Waals surface area contributed by atoms with E-state index in [9.17, 15) is 10.2 Å². The SMILES string of the molecule is CSCC(C)(O)CNCC(O)COc1cc(C)ccc1C. The molecule has 0 aliphatic carbocycles. The van der Waals surface area contributed by atoms with E-state index in [0.717, 1.165) is 16.9 Å². The Morgan fingerprint density at radius 3 is 2.76 bits per heavy atom. The van der Waals surface area contributed by atoms with E-state index in [1.165, 1.54) is 0 Å². The summed E-state index contributed by atoms with van der Waals surface area (Å²) in [7, 11) is 0. The molecule has 0 spiro atoms. The van der Waals surface area contributed by atoms with Crippen molar-refractivity contribution in [2.75, 3.05) is 31.7 Å². The van der Waals surface area contributed by atoms with Gasteiger partial charge in [-0.3, -0.25) is 0 Å². The first-order valence-corrected chi connectivity index (χ1v) is 8.53. The van der Waals surface area contributed by atoms with Crippen molar-refractivity contribution in [1.29, 1.82) is 0 Å². The summed E-state index contributed by atoms with van der Waals surface area (Å²) in [5, 5.41) is 23.0. The van der Waals surface area contributed by atoms with E-state index in [4.69, 9.17) is 4.74 Å². The highest BCUT2D eigenvalue weighted by atomic mass is 32.2. The molecule has 0 heterocycles. The van der Waals surface area contributed by atoms with Gasteiger partial charge < -0.3 is 20.3 Å². The lowest BCUT2D eigenvalue weighted by molar-refractivity contribution is 0.0700. The normalized spacial score (nSPS) is 15.5. The Hall–Kier alpha value is -0.750. The third-order valence-corrected chi connectivity index (χ3v) is 4.03. The molecule has 1 rings (SSSR count). The van der Waals surface area contributed by atoms with Crippen LogP contribution in [0.4, 0.5) is 0 Å². The van der Waals surface area contributed by atoms with Crippen LogP contribution in [-0.4, -0.2) is 53.6 Å². The first kappa shape index (κ1) is 18.3. The highest BCUT2D eigenvalue weighted by molar-refractivity contribution is 7.98. The lowest BCUT2D eigenvalue weighted by Gasteiger charge is -2.23. The number of thioether (sulfide) groups is 1. The van der Waals surface area contributed by atoms with Crippen LogP contribution < -0.4 is 10.1 Å². The van der Waals surface area contributed by atoms with Gasteiger partial charge in [-0.2, -0.15) is 11.8 Å². The van der Waals surface area contributed by atoms with Gasteiger partial charge in [0.05, 0.1) is 5.60 Å². The van der Waals surface area contributed by atoms with E-state index in [1.807, 2.05) is 38.3 Å². The molecule has 0 aliphatic rings. The summed E-state index contributed by atoms with van der Waals surface area (Å²) in [5.41, 5.74) is 1.44. The minimum atomic E-state index is -0.757. The summed E-state index contributed by atoms with van der Waals surface area (Å²) >= 11 is 1.60. The number of benzene rings is 1. The fraction of sp³-hybridized carbons (Fsp3) is 0.625. The van der Waals surface area contributed by atoms with Gasteiger partial charge in [0, 0.05) is 18.8 Å². The molecular formula is C16H27NO3S. The second kappa shape index (κ2) is 8.63. The van der Waals surface area contributed by atoms with Crippen molar-refractivity contribution in [3.05, 3.63) is 29.3 Å². The lowest BCUT2D eigenvalue weighted by Crippen LogP contribution is -2.43. The molecule has 2 unspecified atom stereocenters. The van der Waals surface area contributed by atoms with Crippen LogP contribution in [0.3, 0.4) is 0 Å².